The van der Waals surface area contributed by atoms with Crippen LogP contribution in [0.25, 0.3) is 0 Å². The van der Waals surface area contributed by atoms with Crippen molar-refractivity contribution < 1.29 is 9.84 Å². The fourth-order valence-corrected chi connectivity index (χ4v) is 2.69. The summed E-state index contributed by atoms with van der Waals surface area (Å²) in [7, 11) is 1.65. The van der Waals surface area contributed by atoms with E-state index < -0.39 is 0 Å². The fourth-order valence-electron chi connectivity index (χ4n) is 2.69. The van der Waals surface area contributed by atoms with Gasteiger partial charge >= 0.3 is 0 Å². The second kappa shape index (κ2) is 3.95. The molecule has 0 aliphatic carbocycles. The van der Waals surface area contributed by atoms with Gasteiger partial charge in [0.15, 0.2) is 0 Å². The van der Waals surface area contributed by atoms with Crippen LogP contribution in [0.3, 0.4) is 0 Å². The van der Waals surface area contributed by atoms with E-state index in [1.807, 2.05) is 0 Å². The van der Waals surface area contributed by atoms with E-state index in [9.17, 15) is 5.11 Å². The Hall–Kier alpha value is -0.120. The topological polar surface area (TPSA) is 32.7 Å². The van der Waals surface area contributed by atoms with E-state index in [-0.39, 0.29) is 6.10 Å². The molecule has 3 heterocycles. The van der Waals surface area contributed by atoms with Crippen molar-refractivity contribution >= 4 is 0 Å². The van der Waals surface area contributed by atoms with Gasteiger partial charge in [-0.3, -0.25) is 4.90 Å². The van der Waals surface area contributed by atoms with Gasteiger partial charge in [0, 0.05) is 13.2 Å². The van der Waals surface area contributed by atoms with Gasteiger partial charge in [-0.2, -0.15) is 0 Å². The number of aliphatic hydroxyl groups excluding tert-OH is 1. The molecule has 3 fully saturated rings. The number of piperidine rings is 3. The monoisotopic (exact) mass is 185 g/mol. The third-order valence-electron chi connectivity index (χ3n) is 3.47. The molecule has 1 N–H and O–H groups in total. The molecule has 3 heteroatoms. The van der Waals surface area contributed by atoms with Crippen LogP contribution in [0.2, 0.25) is 0 Å². The molecule has 0 spiro atoms. The number of methoxy groups -OCH3 is 1. The predicted octanol–water partition coefficient (Wildman–Crippen LogP) is 0.478. The lowest BCUT2D eigenvalue weighted by molar-refractivity contribution is -0.0524. The highest BCUT2D eigenvalue weighted by molar-refractivity contribution is 4.91. The highest BCUT2D eigenvalue weighted by atomic mass is 16.5. The van der Waals surface area contributed by atoms with Gasteiger partial charge in [0.2, 0.25) is 0 Å². The summed E-state index contributed by atoms with van der Waals surface area (Å²) in [5, 5.41) is 9.83. The molecule has 76 valence electrons. The second-order valence-corrected chi connectivity index (χ2v) is 4.31. The average molecular weight is 185 g/mol. The first kappa shape index (κ1) is 9.44. The summed E-state index contributed by atoms with van der Waals surface area (Å²) in [6.07, 6.45) is 3.55. The molecule has 2 atom stereocenters. The number of hydrogen-bond acceptors (Lipinski definition) is 3. The average Bonchev–Trinajstić information content (AvgIpc) is 2.20. The van der Waals surface area contributed by atoms with Gasteiger partial charge in [0.25, 0.3) is 0 Å². The lowest BCUT2D eigenvalue weighted by Crippen LogP contribution is -2.54. The number of hydrogen-bond donors (Lipinski definition) is 1. The van der Waals surface area contributed by atoms with E-state index in [4.69, 9.17) is 4.74 Å². The Balaban J connectivity index is 1.92. The molecule has 3 saturated heterocycles. The summed E-state index contributed by atoms with van der Waals surface area (Å²) < 4.78 is 4.99. The maximum absolute atomic E-state index is 9.83. The summed E-state index contributed by atoms with van der Waals surface area (Å²) >= 11 is 0. The smallest absolute Gasteiger partial charge is 0.0928 e. The molecule has 3 rings (SSSR count). The minimum atomic E-state index is -0.284. The van der Waals surface area contributed by atoms with Crippen LogP contribution in [-0.2, 0) is 4.74 Å². The van der Waals surface area contributed by atoms with E-state index in [1.165, 1.54) is 32.4 Å². The fraction of sp³-hybridized carbons (Fsp3) is 1.00. The lowest BCUT2D eigenvalue weighted by Gasteiger charge is -2.47. The molecule has 13 heavy (non-hydrogen) atoms. The highest BCUT2D eigenvalue weighted by Crippen LogP contribution is 2.33. The van der Waals surface area contributed by atoms with Crippen LogP contribution >= 0.6 is 0 Å². The van der Waals surface area contributed by atoms with Crippen LogP contribution in [-0.4, -0.2) is 49.0 Å². The Morgan fingerprint density at radius 1 is 1.46 bits per heavy atom. The van der Waals surface area contributed by atoms with Crippen molar-refractivity contribution in [2.45, 2.75) is 31.4 Å². The third-order valence-corrected chi connectivity index (χ3v) is 3.47. The molecule has 0 aromatic heterocycles. The van der Waals surface area contributed by atoms with Crippen molar-refractivity contribution in [3.63, 3.8) is 0 Å². The summed E-state index contributed by atoms with van der Waals surface area (Å²) in [5.74, 6) is 0.863. The Labute approximate surface area is 79.7 Å². The van der Waals surface area contributed by atoms with Crippen molar-refractivity contribution in [3.05, 3.63) is 0 Å². The molecule has 0 radical (unpaired) electrons. The number of aliphatic hydroxyl groups is 1. The summed E-state index contributed by atoms with van der Waals surface area (Å²) in [5.41, 5.74) is 0. The van der Waals surface area contributed by atoms with Gasteiger partial charge in [-0.1, -0.05) is 0 Å². The lowest BCUT2D eigenvalue weighted by atomic mass is 9.81. The zero-order valence-electron chi connectivity index (χ0n) is 8.28. The van der Waals surface area contributed by atoms with Crippen LogP contribution in [0.15, 0.2) is 0 Å². The van der Waals surface area contributed by atoms with Crippen molar-refractivity contribution in [3.8, 4) is 0 Å². The SMILES string of the molecule is COCC(O)C1CC2CCN1CC2. The van der Waals surface area contributed by atoms with Crippen molar-refractivity contribution in [2.75, 3.05) is 26.8 Å². The molecule has 0 aromatic rings. The number of rotatable bonds is 3. The van der Waals surface area contributed by atoms with Gasteiger partial charge in [0.1, 0.15) is 0 Å². The van der Waals surface area contributed by atoms with Gasteiger partial charge in [-0.05, 0) is 38.3 Å². The Bertz CT molecular complexity index is 166. The first-order chi connectivity index (χ1) is 6.31. The largest absolute Gasteiger partial charge is 0.389 e. The van der Waals surface area contributed by atoms with E-state index in [2.05, 4.69) is 4.90 Å². The minimum absolute atomic E-state index is 0.284. The van der Waals surface area contributed by atoms with Crippen molar-refractivity contribution in [1.29, 1.82) is 0 Å². The van der Waals surface area contributed by atoms with E-state index >= 15 is 0 Å². The summed E-state index contributed by atoms with van der Waals surface area (Å²) in [6.45, 7) is 2.83. The van der Waals surface area contributed by atoms with Crippen LogP contribution in [0.4, 0.5) is 0 Å². The van der Waals surface area contributed by atoms with E-state index in [0.717, 1.165) is 5.92 Å². The quantitative estimate of drug-likeness (QED) is 0.694. The molecule has 2 unspecified atom stereocenters. The highest BCUT2D eigenvalue weighted by Gasteiger charge is 2.36. The maximum atomic E-state index is 9.83. The predicted molar refractivity (Wildman–Crippen MR) is 50.6 cm³/mol. The van der Waals surface area contributed by atoms with E-state index in [1.54, 1.807) is 7.11 Å². The molecule has 0 amide bonds. The summed E-state index contributed by atoms with van der Waals surface area (Å²) in [6, 6.07) is 0.368. The van der Waals surface area contributed by atoms with Gasteiger partial charge < -0.3 is 9.84 Å². The Morgan fingerprint density at radius 2 is 2.15 bits per heavy atom. The first-order valence-electron chi connectivity index (χ1n) is 5.22. The van der Waals surface area contributed by atoms with Crippen LogP contribution in [0.5, 0.6) is 0 Å². The molecule has 3 nitrogen and oxygen atoms in total. The third kappa shape index (κ3) is 1.87. The van der Waals surface area contributed by atoms with E-state index in [0.29, 0.717) is 12.6 Å². The maximum Gasteiger partial charge on any atom is 0.0928 e. The van der Waals surface area contributed by atoms with Gasteiger partial charge in [0.05, 0.1) is 12.7 Å². The molecular formula is C10H19NO2. The Morgan fingerprint density at radius 3 is 2.62 bits per heavy atom. The van der Waals surface area contributed by atoms with Gasteiger partial charge in [-0.25, -0.2) is 0 Å². The second-order valence-electron chi connectivity index (χ2n) is 4.31. The molecule has 0 aromatic carbocycles. The van der Waals surface area contributed by atoms with Crippen molar-refractivity contribution in [1.82, 2.24) is 4.90 Å². The summed E-state index contributed by atoms with van der Waals surface area (Å²) in [4.78, 5) is 2.42. The van der Waals surface area contributed by atoms with Crippen molar-refractivity contribution in [2.24, 2.45) is 5.92 Å². The van der Waals surface area contributed by atoms with Gasteiger partial charge in [-0.15, -0.1) is 0 Å². The Kier molecular flexibility index (Phi) is 2.86. The molecule has 3 aliphatic heterocycles. The van der Waals surface area contributed by atoms with Crippen LogP contribution < -0.4 is 0 Å². The first-order valence-corrected chi connectivity index (χ1v) is 5.22. The standard InChI is InChI=1S/C10H19NO2/c1-13-7-10(12)9-6-8-2-4-11(9)5-3-8/h8-10,12H,2-7H2,1H3. The number of ether oxygens (including phenoxy) is 1. The zero-order valence-corrected chi connectivity index (χ0v) is 8.28. The zero-order chi connectivity index (χ0) is 9.26. The molecule has 2 bridgehead atoms. The minimum Gasteiger partial charge on any atom is -0.389 e. The molecule has 0 saturated carbocycles. The van der Waals surface area contributed by atoms with Crippen LogP contribution in [0.1, 0.15) is 19.3 Å². The number of fused-ring (bicyclic) bond motifs is 3. The molecular weight excluding hydrogens is 166 g/mol. The normalized spacial score (nSPS) is 40.6. The number of nitrogens with zero attached hydrogens (tertiary/aromatic N) is 1. The van der Waals surface area contributed by atoms with Crippen LogP contribution in [0, 0.1) is 5.92 Å². The molecule has 3 aliphatic rings.